The number of imidazole rings is 1. The van der Waals surface area contributed by atoms with Gasteiger partial charge in [0.1, 0.15) is 5.75 Å². The average molecular weight is 477 g/mol. The largest absolute Gasteiger partial charge is 0.497 e. The van der Waals surface area contributed by atoms with Gasteiger partial charge >= 0.3 is 0 Å². The van der Waals surface area contributed by atoms with Crippen LogP contribution in [0, 0.1) is 25.7 Å². The molecule has 2 amide bonds. The van der Waals surface area contributed by atoms with E-state index in [1.54, 1.807) is 12.0 Å². The molecule has 1 heterocycles. The van der Waals surface area contributed by atoms with Gasteiger partial charge < -0.3 is 9.64 Å². The second kappa shape index (κ2) is 11.2. The highest BCUT2D eigenvalue weighted by Gasteiger charge is 2.22. The standard InChI is InChI=1S/C28H36N4O3/c1-18(2)15-31(27(34)19(3)4)17-26(33)30-28-29-25(22-9-12-24(35-7)13-10-22)16-32(28)23-11-8-20(5)21(6)14-23/h8-14,16,18-19H,15,17H2,1-7H3,(H,29,30,33). The van der Waals surface area contributed by atoms with E-state index < -0.39 is 0 Å². The smallest absolute Gasteiger partial charge is 0.246 e. The lowest BCUT2D eigenvalue weighted by molar-refractivity contribution is -0.138. The van der Waals surface area contributed by atoms with Crippen molar-refractivity contribution in [1.82, 2.24) is 14.5 Å². The number of benzene rings is 2. The van der Waals surface area contributed by atoms with Gasteiger partial charge in [0.05, 0.1) is 19.3 Å². The number of carbonyl (C=O) groups is 2. The number of amides is 2. The lowest BCUT2D eigenvalue weighted by Gasteiger charge is -2.25. The van der Waals surface area contributed by atoms with Crippen LogP contribution in [0.15, 0.2) is 48.7 Å². The van der Waals surface area contributed by atoms with Crippen molar-refractivity contribution >= 4 is 17.8 Å². The summed E-state index contributed by atoms with van der Waals surface area (Å²) in [6, 6.07) is 13.7. The second-order valence-electron chi connectivity index (χ2n) is 9.63. The minimum Gasteiger partial charge on any atom is -0.497 e. The first-order chi connectivity index (χ1) is 16.6. The fourth-order valence-electron chi connectivity index (χ4n) is 3.82. The summed E-state index contributed by atoms with van der Waals surface area (Å²) in [7, 11) is 1.63. The summed E-state index contributed by atoms with van der Waals surface area (Å²) in [5, 5.41) is 2.95. The second-order valence-corrected chi connectivity index (χ2v) is 9.63. The van der Waals surface area contributed by atoms with Crippen LogP contribution in [0.5, 0.6) is 5.75 Å². The maximum atomic E-state index is 13.1. The van der Waals surface area contributed by atoms with Gasteiger partial charge in [-0.25, -0.2) is 4.98 Å². The van der Waals surface area contributed by atoms with Crippen molar-refractivity contribution in [1.29, 1.82) is 0 Å². The fraction of sp³-hybridized carbons (Fsp3) is 0.393. The molecule has 35 heavy (non-hydrogen) atoms. The molecule has 1 N–H and O–H groups in total. The van der Waals surface area contributed by atoms with Crippen LogP contribution in [0.3, 0.4) is 0 Å². The van der Waals surface area contributed by atoms with Crippen molar-refractivity contribution in [3.05, 3.63) is 59.8 Å². The van der Waals surface area contributed by atoms with E-state index in [0.717, 1.165) is 28.3 Å². The van der Waals surface area contributed by atoms with Gasteiger partial charge in [0.25, 0.3) is 0 Å². The number of aryl methyl sites for hydroxylation is 2. The molecule has 0 radical (unpaired) electrons. The molecule has 1 aromatic heterocycles. The number of hydrogen-bond acceptors (Lipinski definition) is 4. The number of ether oxygens (including phenoxy) is 1. The van der Waals surface area contributed by atoms with Crippen LogP contribution in [0.1, 0.15) is 38.8 Å². The van der Waals surface area contributed by atoms with Crippen LogP contribution in [0.4, 0.5) is 5.95 Å². The van der Waals surface area contributed by atoms with Gasteiger partial charge in [0, 0.05) is 29.9 Å². The molecule has 3 aromatic rings. The van der Waals surface area contributed by atoms with Gasteiger partial charge in [0.2, 0.25) is 17.8 Å². The zero-order chi connectivity index (χ0) is 25.7. The number of rotatable bonds is 9. The number of nitrogens with zero attached hydrogens (tertiary/aromatic N) is 3. The van der Waals surface area contributed by atoms with Crippen LogP contribution in [0.25, 0.3) is 16.9 Å². The Morgan fingerprint density at radius 1 is 1.03 bits per heavy atom. The summed E-state index contributed by atoms with van der Waals surface area (Å²) in [6.45, 7) is 12.4. The Morgan fingerprint density at radius 2 is 1.71 bits per heavy atom. The highest BCUT2D eigenvalue weighted by atomic mass is 16.5. The van der Waals surface area contributed by atoms with E-state index >= 15 is 0 Å². The summed E-state index contributed by atoms with van der Waals surface area (Å²) in [6.07, 6.45) is 1.91. The Balaban J connectivity index is 1.95. The number of methoxy groups -OCH3 is 1. The molecular formula is C28H36N4O3. The monoisotopic (exact) mass is 476 g/mol. The highest BCUT2D eigenvalue weighted by molar-refractivity contribution is 5.94. The molecule has 0 saturated heterocycles. The minimum absolute atomic E-state index is 0.0210. The first-order valence-electron chi connectivity index (χ1n) is 12.0. The quantitative estimate of drug-likeness (QED) is 0.458. The Kier molecular flexibility index (Phi) is 8.33. The lowest BCUT2D eigenvalue weighted by atomic mass is 10.1. The van der Waals surface area contributed by atoms with E-state index in [9.17, 15) is 9.59 Å². The zero-order valence-electron chi connectivity index (χ0n) is 21.8. The Hall–Kier alpha value is -3.61. The predicted octanol–water partition coefficient (Wildman–Crippen LogP) is 5.24. The molecule has 0 unspecified atom stereocenters. The predicted molar refractivity (Wildman–Crippen MR) is 140 cm³/mol. The van der Waals surface area contributed by atoms with Gasteiger partial charge in [0.15, 0.2) is 0 Å². The van der Waals surface area contributed by atoms with Gasteiger partial charge in [-0.05, 0) is 67.3 Å². The Bertz CT molecular complexity index is 1180. The molecule has 3 rings (SSSR count). The molecule has 2 aromatic carbocycles. The molecule has 186 valence electrons. The lowest BCUT2D eigenvalue weighted by Crippen LogP contribution is -2.42. The third-order valence-electron chi connectivity index (χ3n) is 5.84. The minimum atomic E-state index is -0.281. The van der Waals surface area contributed by atoms with Crippen LogP contribution in [0.2, 0.25) is 0 Å². The molecule has 0 spiro atoms. The molecular weight excluding hydrogens is 440 g/mol. The van der Waals surface area contributed by atoms with Crippen LogP contribution in [-0.2, 0) is 9.59 Å². The number of aromatic nitrogens is 2. The first-order valence-corrected chi connectivity index (χ1v) is 12.0. The summed E-state index contributed by atoms with van der Waals surface area (Å²) < 4.78 is 7.14. The van der Waals surface area contributed by atoms with E-state index in [4.69, 9.17) is 9.72 Å². The van der Waals surface area contributed by atoms with Crippen LogP contribution < -0.4 is 10.1 Å². The molecule has 7 nitrogen and oxygen atoms in total. The van der Waals surface area contributed by atoms with Crippen molar-refractivity contribution in [3.63, 3.8) is 0 Å². The van der Waals surface area contributed by atoms with E-state index in [1.807, 2.05) is 68.8 Å². The molecule has 0 aliphatic carbocycles. The molecule has 0 atom stereocenters. The summed E-state index contributed by atoms with van der Waals surface area (Å²) in [5.74, 6) is 0.925. The number of hydrogen-bond donors (Lipinski definition) is 1. The fourth-order valence-corrected chi connectivity index (χ4v) is 3.82. The Labute approximate surface area is 208 Å². The number of carbonyl (C=O) groups excluding carboxylic acids is 2. The van der Waals surface area contributed by atoms with Gasteiger partial charge in [-0.2, -0.15) is 0 Å². The third-order valence-corrected chi connectivity index (χ3v) is 5.84. The average Bonchev–Trinajstić information content (AvgIpc) is 3.23. The molecule has 0 saturated carbocycles. The van der Waals surface area contributed by atoms with Gasteiger partial charge in [-0.15, -0.1) is 0 Å². The first kappa shape index (κ1) is 26.0. The summed E-state index contributed by atoms with van der Waals surface area (Å²) in [4.78, 5) is 32.1. The van der Waals surface area contributed by atoms with Crippen molar-refractivity contribution in [2.75, 3.05) is 25.5 Å². The van der Waals surface area contributed by atoms with Crippen LogP contribution >= 0.6 is 0 Å². The summed E-state index contributed by atoms with van der Waals surface area (Å²) >= 11 is 0. The normalized spacial score (nSPS) is 11.1. The summed E-state index contributed by atoms with van der Waals surface area (Å²) in [5.41, 5.74) is 4.85. The molecule has 0 aliphatic heterocycles. The van der Waals surface area contributed by atoms with Gasteiger partial charge in [-0.1, -0.05) is 33.8 Å². The Morgan fingerprint density at radius 3 is 2.29 bits per heavy atom. The number of anilines is 1. The maximum Gasteiger partial charge on any atom is 0.246 e. The van der Waals surface area contributed by atoms with E-state index in [0.29, 0.717) is 12.5 Å². The third kappa shape index (κ3) is 6.50. The maximum absolute atomic E-state index is 13.1. The molecule has 0 bridgehead atoms. The zero-order valence-corrected chi connectivity index (χ0v) is 21.8. The van der Waals surface area contributed by atoms with Crippen molar-refractivity contribution in [3.8, 4) is 22.7 Å². The van der Waals surface area contributed by atoms with Gasteiger partial charge in [-0.3, -0.25) is 19.5 Å². The van der Waals surface area contributed by atoms with Crippen molar-refractivity contribution in [2.24, 2.45) is 11.8 Å². The van der Waals surface area contributed by atoms with E-state index in [2.05, 4.69) is 31.3 Å². The van der Waals surface area contributed by atoms with Crippen molar-refractivity contribution in [2.45, 2.75) is 41.5 Å². The van der Waals surface area contributed by atoms with Crippen LogP contribution in [-0.4, -0.2) is 46.5 Å². The van der Waals surface area contributed by atoms with E-state index in [-0.39, 0.29) is 30.2 Å². The number of nitrogens with one attached hydrogen (secondary N) is 1. The topological polar surface area (TPSA) is 76.5 Å². The molecule has 0 fully saturated rings. The molecule has 7 heteroatoms. The highest BCUT2D eigenvalue weighted by Crippen LogP contribution is 2.27. The van der Waals surface area contributed by atoms with E-state index in [1.165, 1.54) is 5.56 Å². The van der Waals surface area contributed by atoms with Crippen molar-refractivity contribution < 1.29 is 14.3 Å². The SMILES string of the molecule is COc1ccc(-c2cn(-c3ccc(C)c(C)c3)c(NC(=O)CN(CC(C)C)C(=O)C(C)C)n2)cc1. The molecule has 0 aliphatic rings.